The van der Waals surface area contributed by atoms with Crippen LogP contribution in [-0.4, -0.2) is 5.78 Å². The second-order valence-electron chi connectivity index (χ2n) is 4.07. The average molecular weight is 181 g/mol. The van der Waals surface area contributed by atoms with E-state index < -0.39 is 0 Å². The van der Waals surface area contributed by atoms with Crippen LogP contribution in [0.25, 0.3) is 0 Å². The Kier molecular flexibility index (Phi) is 5.37. The van der Waals surface area contributed by atoms with Crippen LogP contribution >= 0.6 is 0 Å². The molecule has 0 unspecified atom stereocenters. The van der Waals surface area contributed by atoms with Gasteiger partial charge >= 0.3 is 0 Å². The lowest BCUT2D eigenvalue weighted by Gasteiger charge is -2.21. The fourth-order valence-corrected chi connectivity index (χ4v) is 1.18. The van der Waals surface area contributed by atoms with E-state index in [4.69, 9.17) is 5.26 Å². The topological polar surface area (TPSA) is 40.9 Å². The van der Waals surface area contributed by atoms with Crippen molar-refractivity contribution in [3.8, 4) is 6.07 Å². The molecule has 74 valence electrons. The number of hydrogen-bond acceptors (Lipinski definition) is 2. The molecule has 0 rings (SSSR count). The van der Waals surface area contributed by atoms with E-state index in [0.717, 1.165) is 12.8 Å². The minimum absolute atomic E-state index is 0.296. The van der Waals surface area contributed by atoms with Gasteiger partial charge in [-0.15, -0.1) is 0 Å². The fourth-order valence-electron chi connectivity index (χ4n) is 1.18. The van der Waals surface area contributed by atoms with E-state index in [9.17, 15) is 4.79 Å². The molecule has 2 nitrogen and oxygen atoms in total. The van der Waals surface area contributed by atoms with Crippen molar-refractivity contribution in [2.75, 3.05) is 0 Å². The van der Waals surface area contributed by atoms with E-state index in [1.54, 1.807) is 0 Å². The Labute approximate surface area is 80.9 Å². The second-order valence-corrected chi connectivity index (χ2v) is 4.07. The maximum atomic E-state index is 11.6. The third-order valence-electron chi connectivity index (χ3n) is 2.37. The number of ketones is 1. The maximum Gasteiger partial charge on any atom is 0.138 e. The van der Waals surface area contributed by atoms with Gasteiger partial charge in [0.25, 0.3) is 0 Å². The highest BCUT2D eigenvalue weighted by Gasteiger charge is 2.25. The lowest BCUT2D eigenvalue weighted by Crippen LogP contribution is -2.23. The van der Waals surface area contributed by atoms with Gasteiger partial charge in [-0.25, -0.2) is 0 Å². The van der Waals surface area contributed by atoms with Gasteiger partial charge in [-0.3, -0.25) is 4.79 Å². The molecule has 0 aromatic carbocycles. The number of nitriles is 1. The number of hydrogen-bond donors (Lipinski definition) is 0. The third kappa shape index (κ3) is 4.67. The number of nitrogens with zero attached hydrogens (tertiary/aromatic N) is 1. The monoisotopic (exact) mass is 181 g/mol. The fraction of sp³-hybridized carbons (Fsp3) is 0.818. The van der Waals surface area contributed by atoms with E-state index in [-0.39, 0.29) is 5.41 Å². The molecule has 0 fully saturated rings. The molecule has 0 N–H and O–H groups in total. The molecular weight excluding hydrogens is 162 g/mol. The summed E-state index contributed by atoms with van der Waals surface area (Å²) in [6, 6.07) is 2.08. The van der Waals surface area contributed by atoms with Gasteiger partial charge in [-0.2, -0.15) is 5.26 Å². The van der Waals surface area contributed by atoms with Gasteiger partial charge < -0.3 is 0 Å². The zero-order valence-electron chi connectivity index (χ0n) is 8.89. The smallest absolute Gasteiger partial charge is 0.138 e. The summed E-state index contributed by atoms with van der Waals surface area (Å²) in [6.07, 6.45) is 3.85. The van der Waals surface area contributed by atoms with Crippen LogP contribution in [0.4, 0.5) is 0 Å². The molecule has 0 atom stereocenters. The van der Waals surface area contributed by atoms with Crippen molar-refractivity contribution in [3.05, 3.63) is 0 Å². The minimum Gasteiger partial charge on any atom is -0.299 e. The largest absolute Gasteiger partial charge is 0.299 e. The SMILES string of the molecule is CCCCC(=O)C(C)(C)CCC#N. The predicted octanol–water partition coefficient (Wildman–Crippen LogP) is 3.08. The van der Waals surface area contributed by atoms with E-state index >= 15 is 0 Å². The number of carbonyl (C=O) groups is 1. The van der Waals surface area contributed by atoms with Gasteiger partial charge in [0, 0.05) is 18.3 Å². The van der Waals surface area contributed by atoms with Crippen LogP contribution in [0.5, 0.6) is 0 Å². The Balaban J connectivity index is 3.96. The summed E-state index contributed by atoms with van der Waals surface area (Å²) in [5.41, 5.74) is -0.301. The lowest BCUT2D eigenvalue weighted by atomic mass is 9.81. The zero-order chi connectivity index (χ0) is 10.3. The molecule has 2 heteroatoms. The maximum absolute atomic E-state index is 11.6. The first-order valence-electron chi connectivity index (χ1n) is 4.95. The first-order valence-corrected chi connectivity index (χ1v) is 4.95. The minimum atomic E-state index is -0.301. The molecule has 0 aromatic heterocycles. The van der Waals surface area contributed by atoms with Gasteiger partial charge in [-0.1, -0.05) is 27.2 Å². The van der Waals surface area contributed by atoms with Gasteiger partial charge in [0.1, 0.15) is 5.78 Å². The van der Waals surface area contributed by atoms with Crippen molar-refractivity contribution in [3.63, 3.8) is 0 Å². The van der Waals surface area contributed by atoms with Crippen LogP contribution in [0, 0.1) is 16.7 Å². The Morgan fingerprint density at radius 1 is 1.46 bits per heavy atom. The summed E-state index contributed by atoms with van der Waals surface area (Å²) in [6.45, 7) is 5.94. The molecule has 0 amide bonds. The molecule has 0 heterocycles. The van der Waals surface area contributed by atoms with Crippen molar-refractivity contribution in [2.45, 2.75) is 52.9 Å². The van der Waals surface area contributed by atoms with Crippen molar-refractivity contribution in [2.24, 2.45) is 5.41 Å². The first kappa shape index (κ1) is 12.2. The van der Waals surface area contributed by atoms with Crippen LogP contribution in [-0.2, 0) is 4.79 Å². The van der Waals surface area contributed by atoms with Crippen molar-refractivity contribution < 1.29 is 4.79 Å². The van der Waals surface area contributed by atoms with Crippen LogP contribution in [0.2, 0.25) is 0 Å². The first-order chi connectivity index (χ1) is 6.04. The van der Waals surface area contributed by atoms with Crippen molar-refractivity contribution in [1.82, 2.24) is 0 Å². The van der Waals surface area contributed by atoms with Crippen LogP contribution < -0.4 is 0 Å². The Hall–Kier alpha value is -0.840. The number of carbonyl (C=O) groups excluding carboxylic acids is 1. The molecule has 0 saturated carbocycles. The van der Waals surface area contributed by atoms with E-state index in [1.807, 2.05) is 13.8 Å². The normalized spacial score (nSPS) is 10.9. The molecule has 0 radical (unpaired) electrons. The quantitative estimate of drug-likeness (QED) is 0.631. The van der Waals surface area contributed by atoms with Crippen molar-refractivity contribution >= 4 is 5.78 Å². The molecule has 0 bridgehead atoms. The van der Waals surface area contributed by atoms with E-state index in [0.29, 0.717) is 25.0 Å². The highest BCUT2D eigenvalue weighted by Crippen LogP contribution is 2.25. The molecule has 0 saturated heterocycles. The van der Waals surface area contributed by atoms with Crippen LogP contribution in [0.3, 0.4) is 0 Å². The lowest BCUT2D eigenvalue weighted by molar-refractivity contribution is -0.127. The Bertz CT molecular complexity index is 201. The van der Waals surface area contributed by atoms with Gasteiger partial charge in [0.05, 0.1) is 6.07 Å². The highest BCUT2D eigenvalue weighted by molar-refractivity contribution is 5.83. The molecule has 0 aliphatic rings. The summed E-state index contributed by atoms with van der Waals surface area (Å²) in [7, 11) is 0. The summed E-state index contributed by atoms with van der Waals surface area (Å²) >= 11 is 0. The van der Waals surface area contributed by atoms with Gasteiger partial charge in [0.15, 0.2) is 0 Å². The zero-order valence-corrected chi connectivity index (χ0v) is 8.89. The second kappa shape index (κ2) is 5.75. The van der Waals surface area contributed by atoms with E-state index in [2.05, 4.69) is 13.0 Å². The number of unbranched alkanes of at least 4 members (excludes halogenated alkanes) is 1. The summed E-state index contributed by atoms with van der Waals surface area (Å²) in [5, 5.41) is 8.43. The third-order valence-corrected chi connectivity index (χ3v) is 2.37. The van der Waals surface area contributed by atoms with E-state index in [1.165, 1.54) is 0 Å². The number of rotatable bonds is 6. The summed E-state index contributed by atoms with van der Waals surface area (Å²) in [4.78, 5) is 11.6. The van der Waals surface area contributed by atoms with Crippen LogP contribution in [0.1, 0.15) is 52.9 Å². The predicted molar refractivity (Wildman–Crippen MR) is 53.2 cm³/mol. The molecule has 0 aliphatic heterocycles. The summed E-state index contributed by atoms with van der Waals surface area (Å²) < 4.78 is 0. The molecule has 0 spiro atoms. The molecular formula is C11H19NO. The Morgan fingerprint density at radius 2 is 2.08 bits per heavy atom. The summed E-state index contributed by atoms with van der Waals surface area (Å²) in [5.74, 6) is 0.296. The highest BCUT2D eigenvalue weighted by atomic mass is 16.1. The van der Waals surface area contributed by atoms with Crippen molar-refractivity contribution in [1.29, 1.82) is 5.26 Å². The van der Waals surface area contributed by atoms with Gasteiger partial charge in [0.2, 0.25) is 0 Å². The standard InChI is InChI=1S/C11H19NO/c1-4-5-7-10(13)11(2,3)8-6-9-12/h4-8H2,1-3H3. The molecule has 13 heavy (non-hydrogen) atoms. The Morgan fingerprint density at radius 3 is 2.54 bits per heavy atom. The average Bonchev–Trinajstić information content (AvgIpc) is 2.10. The van der Waals surface area contributed by atoms with Crippen LogP contribution in [0.15, 0.2) is 0 Å². The van der Waals surface area contributed by atoms with Gasteiger partial charge in [-0.05, 0) is 12.8 Å². The molecule has 0 aliphatic carbocycles. The number of Topliss-reactive ketones (excluding diaryl/α,β-unsaturated/α-hetero) is 1. The molecule has 0 aromatic rings.